The van der Waals surface area contributed by atoms with Crippen LogP contribution in [0, 0.1) is 13.8 Å². The molecule has 0 spiro atoms. The summed E-state index contributed by atoms with van der Waals surface area (Å²) in [7, 11) is 0. The fourth-order valence-electron chi connectivity index (χ4n) is 3.38. The Balaban J connectivity index is 1.37. The topological polar surface area (TPSA) is 58.6 Å². The number of ether oxygens (including phenoxy) is 1. The number of nitrogens with one attached hydrogen (secondary N) is 1. The zero-order valence-electron chi connectivity index (χ0n) is 18.5. The average Bonchev–Trinajstić information content (AvgIpc) is 3.08. The Bertz CT molecular complexity index is 1290. The number of carbonyl (C=O) groups excluding carboxylic acids is 2. The second kappa shape index (κ2) is 10.4. The summed E-state index contributed by atoms with van der Waals surface area (Å²) >= 11 is 12.6. The molecule has 1 fully saturated rings. The van der Waals surface area contributed by atoms with Gasteiger partial charge in [0.2, 0.25) is 0 Å². The first-order valence-corrected chi connectivity index (χ1v) is 12.0. The quantitative estimate of drug-likeness (QED) is 0.309. The molecule has 172 valence electrons. The van der Waals surface area contributed by atoms with Gasteiger partial charge in [-0.25, -0.2) is 0 Å². The maximum atomic E-state index is 12.9. The van der Waals surface area contributed by atoms with Gasteiger partial charge in [-0.1, -0.05) is 65.4 Å². The molecule has 34 heavy (non-hydrogen) atoms. The van der Waals surface area contributed by atoms with Gasteiger partial charge in [-0.05, 0) is 73.5 Å². The summed E-state index contributed by atoms with van der Waals surface area (Å²) in [5.74, 6) is 0.143. The highest BCUT2D eigenvalue weighted by atomic mass is 35.5. The second-order valence-electron chi connectivity index (χ2n) is 7.72. The molecule has 1 N–H and O–H groups in total. The summed E-state index contributed by atoms with van der Waals surface area (Å²) in [5.41, 5.74) is 4.41. The first-order valence-electron chi connectivity index (χ1n) is 10.4. The number of hydrogen-bond donors (Lipinski definition) is 1. The molecule has 0 aromatic heterocycles. The number of carbonyl (C=O) groups is 2. The van der Waals surface area contributed by atoms with E-state index in [-0.39, 0.29) is 18.4 Å². The molecule has 0 bridgehead atoms. The van der Waals surface area contributed by atoms with Gasteiger partial charge in [-0.15, -0.1) is 0 Å². The first-order chi connectivity index (χ1) is 16.3. The Labute approximate surface area is 212 Å². The molecule has 0 saturated carbocycles. The summed E-state index contributed by atoms with van der Waals surface area (Å²) < 4.78 is 6.07. The zero-order chi connectivity index (χ0) is 24.2. The van der Waals surface area contributed by atoms with E-state index in [0.717, 1.165) is 22.4 Å². The number of rotatable bonds is 6. The van der Waals surface area contributed by atoms with Crippen LogP contribution in [0.2, 0.25) is 5.02 Å². The molecule has 3 aromatic rings. The van der Waals surface area contributed by atoms with Gasteiger partial charge >= 0.3 is 0 Å². The van der Waals surface area contributed by atoms with E-state index >= 15 is 0 Å². The number of thiocarbonyl (C=S) groups is 1. The number of amides is 2. The highest BCUT2D eigenvalue weighted by Crippen LogP contribution is 2.36. The predicted molar refractivity (Wildman–Crippen MR) is 144 cm³/mol. The van der Waals surface area contributed by atoms with Crippen molar-refractivity contribution in [3.8, 4) is 5.75 Å². The van der Waals surface area contributed by atoms with Crippen LogP contribution in [0.15, 0.2) is 71.6 Å². The van der Waals surface area contributed by atoms with Crippen LogP contribution in [-0.4, -0.2) is 22.7 Å². The fourth-order valence-corrected chi connectivity index (χ4v) is 4.81. The lowest BCUT2D eigenvalue weighted by Gasteiger charge is -2.14. The molecule has 2 amide bonds. The Morgan fingerprint density at radius 1 is 1.09 bits per heavy atom. The Hall–Kier alpha value is -3.13. The lowest BCUT2D eigenvalue weighted by molar-refractivity contribution is -0.118. The average molecular weight is 509 g/mol. The number of hydrogen-bond acceptors (Lipinski definition) is 5. The number of thioether (sulfide) groups is 1. The van der Waals surface area contributed by atoms with Gasteiger partial charge in [-0.2, -0.15) is 0 Å². The van der Waals surface area contributed by atoms with Crippen molar-refractivity contribution in [1.82, 2.24) is 0 Å². The molecule has 1 aliphatic rings. The van der Waals surface area contributed by atoms with Gasteiger partial charge in [0, 0.05) is 10.7 Å². The molecule has 0 aliphatic carbocycles. The van der Waals surface area contributed by atoms with Crippen molar-refractivity contribution in [2.24, 2.45) is 0 Å². The van der Waals surface area contributed by atoms with E-state index in [4.69, 9.17) is 28.6 Å². The normalized spacial score (nSPS) is 14.6. The predicted octanol–water partition coefficient (Wildman–Crippen LogP) is 6.38. The Morgan fingerprint density at radius 3 is 2.47 bits per heavy atom. The molecule has 1 aliphatic heterocycles. The number of anilines is 2. The second-order valence-corrected chi connectivity index (χ2v) is 9.83. The first kappa shape index (κ1) is 24.0. The van der Waals surface area contributed by atoms with Crippen LogP contribution in [0.1, 0.15) is 16.7 Å². The molecule has 0 radical (unpaired) electrons. The summed E-state index contributed by atoms with van der Waals surface area (Å²) in [4.78, 5) is 27.2. The van der Waals surface area contributed by atoms with Crippen LogP contribution < -0.4 is 15.0 Å². The summed E-state index contributed by atoms with van der Waals surface area (Å²) in [5, 5.41) is 3.45. The molecule has 5 nitrogen and oxygen atoms in total. The van der Waals surface area contributed by atoms with Crippen molar-refractivity contribution in [3.05, 3.63) is 93.3 Å². The summed E-state index contributed by atoms with van der Waals surface area (Å²) in [6.07, 6.45) is 1.78. The van der Waals surface area contributed by atoms with Crippen LogP contribution in [0.25, 0.3) is 6.08 Å². The SMILES string of the molecule is Cc1ccc(NC(=O)COc2ccc(/C=C3\SC(=S)N(c4ccc(Cl)cc4)C3=O)cc2)c(C)c1. The van der Waals surface area contributed by atoms with Crippen LogP contribution in [0.5, 0.6) is 5.75 Å². The van der Waals surface area contributed by atoms with Crippen molar-refractivity contribution in [1.29, 1.82) is 0 Å². The highest BCUT2D eigenvalue weighted by molar-refractivity contribution is 8.27. The van der Waals surface area contributed by atoms with Gasteiger partial charge in [0.15, 0.2) is 10.9 Å². The van der Waals surface area contributed by atoms with Crippen molar-refractivity contribution >= 4 is 69.2 Å². The Morgan fingerprint density at radius 2 is 1.79 bits per heavy atom. The summed E-state index contributed by atoms with van der Waals surface area (Å²) in [6.45, 7) is 3.85. The van der Waals surface area contributed by atoms with Gasteiger partial charge in [-0.3, -0.25) is 14.5 Å². The van der Waals surface area contributed by atoms with E-state index in [0.29, 0.717) is 25.7 Å². The van der Waals surface area contributed by atoms with Gasteiger partial charge in [0.1, 0.15) is 5.75 Å². The molecule has 0 unspecified atom stereocenters. The van der Waals surface area contributed by atoms with E-state index in [9.17, 15) is 9.59 Å². The standard InChI is InChI=1S/C26H21ClN2O3S2/c1-16-3-12-22(17(2)13-16)28-24(30)15-32-21-10-4-18(5-11-21)14-23-25(31)29(26(33)34-23)20-8-6-19(27)7-9-20/h3-14H,15H2,1-2H3,(H,28,30)/b23-14-. The van der Waals surface area contributed by atoms with Gasteiger partial charge in [0.25, 0.3) is 11.8 Å². The van der Waals surface area contributed by atoms with E-state index in [1.165, 1.54) is 16.7 Å². The third-order valence-corrected chi connectivity index (χ3v) is 6.64. The number of aryl methyl sites for hydroxylation is 2. The molecule has 3 aromatic carbocycles. The van der Waals surface area contributed by atoms with Crippen LogP contribution >= 0.6 is 35.6 Å². The van der Waals surface area contributed by atoms with E-state index in [1.807, 2.05) is 44.2 Å². The minimum atomic E-state index is -0.234. The van der Waals surface area contributed by atoms with Crippen molar-refractivity contribution in [2.45, 2.75) is 13.8 Å². The third-order valence-electron chi connectivity index (χ3n) is 5.08. The van der Waals surface area contributed by atoms with E-state index < -0.39 is 0 Å². The minimum Gasteiger partial charge on any atom is -0.484 e. The van der Waals surface area contributed by atoms with Crippen LogP contribution in [0.4, 0.5) is 11.4 Å². The number of benzene rings is 3. The zero-order valence-corrected chi connectivity index (χ0v) is 20.9. The number of nitrogens with zero attached hydrogens (tertiary/aromatic N) is 1. The monoisotopic (exact) mass is 508 g/mol. The Kier molecular flexibility index (Phi) is 7.36. The lowest BCUT2D eigenvalue weighted by Crippen LogP contribution is -2.27. The largest absolute Gasteiger partial charge is 0.484 e. The number of halogens is 1. The highest BCUT2D eigenvalue weighted by Gasteiger charge is 2.33. The van der Waals surface area contributed by atoms with E-state index in [2.05, 4.69) is 5.32 Å². The van der Waals surface area contributed by atoms with Gasteiger partial charge in [0.05, 0.1) is 10.6 Å². The molecule has 1 heterocycles. The minimum absolute atomic E-state index is 0.105. The molecule has 0 atom stereocenters. The molecule has 4 rings (SSSR count). The molecule has 8 heteroatoms. The van der Waals surface area contributed by atoms with Crippen LogP contribution in [0.3, 0.4) is 0 Å². The summed E-state index contributed by atoms with van der Waals surface area (Å²) in [6, 6.07) is 20.0. The van der Waals surface area contributed by atoms with Crippen LogP contribution in [-0.2, 0) is 9.59 Å². The van der Waals surface area contributed by atoms with Crippen molar-refractivity contribution < 1.29 is 14.3 Å². The lowest BCUT2D eigenvalue weighted by atomic mass is 10.1. The molecule has 1 saturated heterocycles. The third kappa shape index (κ3) is 5.67. The maximum absolute atomic E-state index is 12.9. The molecular formula is C26H21ClN2O3S2. The molecular weight excluding hydrogens is 488 g/mol. The van der Waals surface area contributed by atoms with Gasteiger partial charge < -0.3 is 10.1 Å². The van der Waals surface area contributed by atoms with E-state index in [1.54, 1.807) is 42.5 Å². The van der Waals surface area contributed by atoms with Crippen molar-refractivity contribution in [2.75, 3.05) is 16.8 Å². The van der Waals surface area contributed by atoms with Crippen molar-refractivity contribution in [3.63, 3.8) is 0 Å². The smallest absolute Gasteiger partial charge is 0.270 e. The maximum Gasteiger partial charge on any atom is 0.270 e. The fraction of sp³-hybridized carbons (Fsp3) is 0.115.